The van der Waals surface area contributed by atoms with Crippen LogP contribution < -0.4 is 15.5 Å². The Labute approximate surface area is 135 Å². The van der Waals surface area contributed by atoms with Gasteiger partial charge < -0.3 is 20.0 Å². The molecule has 1 aromatic heterocycles. The molecular formula is C17H21N3O3. The summed E-state index contributed by atoms with van der Waals surface area (Å²) < 4.78 is 5.00. The van der Waals surface area contributed by atoms with Gasteiger partial charge in [-0.05, 0) is 49.7 Å². The first-order valence-electron chi connectivity index (χ1n) is 7.31. The molecule has 0 bridgehead atoms. The van der Waals surface area contributed by atoms with Crippen molar-refractivity contribution >= 4 is 23.2 Å². The van der Waals surface area contributed by atoms with Crippen molar-refractivity contribution < 1.29 is 14.0 Å². The molecular weight excluding hydrogens is 294 g/mol. The molecule has 23 heavy (non-hydrogen) atoms. The topological polar surface area (TPSA) is 74.6 Å². The molecule has 0 aliphatic carbocycles. The molecule has 0 saturated heterocycles. The Kier molecular flexibility index (Phi) is 5.05. The second-order valence-electron chi connectivity index (χ2n) is 5.56. The summed E-state index contributed by atoms with van der Waals surface area (Å²) in [5.41, 5.74) is 2.73. The van der Waals surface area contributed by atoms with E-state index in [1.807, 2.05) is 44.1 Å². The zero-order chi connectivity index (χ0) is 17.0. The van der Waals surface area contributed by atoms with Crippen LogP contribution in [-0.2, 0) is 4.79 Å². The van der Waals surface area contributed by atoms with E-state index in [-0.39, 0.29) is 11.7 Å². The summed E-state index contributed by atoms with van der Waals surface area (Å²) in [4.78, 5) is 26.1. The number of nitrogens with one attached hydrogen (secondary N) is 2. The molecule has 2 amide bonds. The smallest absolute Gasteiger partial charge is 0.287 e. The van der Waals surface area contributed by atoms with Crippen LogP contribution in [0.3, 0.4) is 0 Å². The number of nitrogens with zero attached hydrogens (tertiary/aromatic N) is 1. The molecule has 0 radical (unpaired) electrons. The summed E-state index contributed by atoms with van der Waals surface area (Å²) in [7, 11) is 3.92. The third kappa shape index (κ3) is 4.12. The van der Waals surface area contributed by atoms with Crippen LogP contribution in [0.15, 0.2) is 41.0 Å². The van der Waals surface area contributed by atoms with Crippen molar-refractivity contribution in [3.8, 4) is 0 Å². The van der Waals surface area contributed by atoms with Gasteiger partial charge >= 0.3 is 0 Å². The number of amides is 2. The van der Waals surface area contributed by atoms with Crippen molar-refractivity contribution in [1.82, 2.24) is 5.32 Å². The van der Waals surface area contributed by atoms with Gasteiger partial charge in [-0.1, -0.05) is 0 Å². The van der Waals surface area contributed by atoms with E-state index in [0.717, 1.165) is 16.9 Å². The number of anilines is 2. The number of hydrogen-bond acceptors (Lipinski definition) is 4. The molecule has 1 heterocycles. The van der Waals surface area contributed by atoms with Crippen LogP contribution in [0, 0.1) is 6.92 Å². The van der Waals surface area contributed by atoms with Gasteiger partial charge in [-0.15, -0.1) is 0 Å². The fraction of sp³-hybridized carbons (Fsp3) is 0.294. The summed E-state index contributed by atoms with van der Waals surface area (Å²) in [5.74, 6) is -0.529. The predicted molar refractivity (Wildman–Crippen MR) is 89.8 cm³/mol. The van der Waals surface area contributed by atoms with Gasteiger partial charge in [0.25, 0.3) is 5.91 Å². The number of hydrogen-bond donors (Lipinski definition) is 2. The number of carbonyl (C=O) groups is 2. The van der Waals surface area contributed by atoms with Crippen molar-refractivity contribution in [2.24, 2.45) is 0 Å². The first-order chi connectivity index (χ1) is 10.9. The average Bonchev–Trinajstić information content (AvgIpc) is 3.03. The Bertz CT molecular complexity index is 693. The molecule has 6 nitrogen and oxygen atoms in total. The van der Waals surface area contributed by atoms with Crippen molar-refractivity contribution in [2.75, 3.05) is 24.3 Å². The van der Waals surface area contributed by atoms with Crippen molar-refractivity contribution in [3.63, 3.8) is 0 Å². The molecule has 1 aromatic carbocycles. The molecule has 2 rings (SSSR count). The van der Waals surface area contributed by atoms with Crippen molar-refractivity contribution in [1.29, 1.82) is 0 Å². The third-order valence-electron chi connectivity index (χ3n) is 3.47. The van der Waals surface area contributed by atoms with E-state index >= 15 is 0 Å². The third-order valence-corrected chi connectivity index (χ3v) is 3.47. The highest BCUT2D eigenvalue weighted by molar-refractivity contribution is 6.00. The Hall–Kier alpha value is -2.76. The molecule has 2 N–H and O–H groups in total. The SMILES string of the molecule is Cc1cc(N(C)C)ccc1NC(=O)C(C)NC(=O)c1ccco1. The van der Waals surface area contributed by atoms with E-state index < -0.39 is 11.9 Å². The van der Waals surface area contributed by atoms with Gasteiger partial charge in [0.15, 0.2) is 5.76 Å². The molecule has 6 heteroatoms. The standard InChI is InChI=1S/C17H21N3O3/c1-11-10-13(20(3)4)7-8-14(11)19-16(21)12(2)18-17(22)15-6-5-9-23-15/h5-10,12H,1-4H3,(H,18,22)(H,19,21). The maximum Gasteiger partial charge on any atom is 0.287 e. The maximum atomic E-state index is 12.2. The van der Waals surface area contributed by atoms with Crippen LogP contribution in [0.1, 0.15) is 23.0 Å². The number of rotatable bonds is 5. The van der Waals surface area contributed by atoms with Crippen LogP contribution >= 0.6 is 0 Å². The van der Waals surface area contributed by atoms with E-state index in [1.165, 1.54) is 6.26 Å². The lowest BCUT2D eigenvalue weighted by atomic mass is 10.1. The number of furan rings is 1. The second kappa shape index (κ2) is 7.00. The minimum absolute atomic E-state index is 0.177. The normalized spacial score (nSPS) is 11.7. The number of carbonyl (C=O) groups excluding carboxylic acids is 2. The van der Waals surface area contributed by atoms with Gasteiger partial charge in [-0.3, -0.25) is 9.59 Å². The Morgan fingerprint density at radius 2 is 1.96 bits per heavy atom. The number of aryl methyl sites for hydroxylation is 1. The number of benzene rings is 1. The average molecular weight is 315 g/mol. The van der Waals surface area contributed by atoms with Gasteiger partial charge in [0.2, 0.25) is 5.91 Å². The maximum absolute atomic E-state index is 12.2. The molecule has 1 atom stereocenters. The fourth-order valence-electron chi connectivity index (χ4n) is 2.05. The van der Waals surface area contributed by atoms with Crippen LogP contribution in [0.5, 0.6) is 0 Å². The Morgan fingerprint density at radius 3 is 2.52 bits per heavy atom. The monoisotopic (exact) mass is 315 g/mol. The summed E-state index contributed by atoms with van der Waals surface area (Å²) in [6, 6.07) is 8.25. The molecule has 1 unspecified atom stereocenters. The molecule has 122 valence electrons. The van der Waals surface area contributed by atoms with Gasteiger partial charge in [0, 0.05) is 25.5 Å². The van der Waals surface area contributed by atoms with Crippen molar-refractivity contribution in [2.45, 2.75) is 19.9 Å². The van der Waals surface area contributed by atoms with E-state index in [2.05, 4.69) is 10.6 Å². The fourth-order valence-corrected chi connectivity index (χ4v) is 2.05. The Morgan fingerprint density at radius 1 is 1.22 bits per heavy atom. The minimum atomic E-state index is -0.680. The zero-order valence-electron chi connectivity index (χ0n) is 13.7. The van der Waals surface area contributed by atoms with Gasteiger partial charge in [-0.2, -0.15) is 0 Å². The van der Waals surface area contributed by atoms with E-state index in [1.54, 1.807) is 19.1 Å². The molecule has 0 spiro atoms. The quantitative estimate of drug-likeness (QED) is 0.888. The van der Waals surface area contributed by atoms with Gasteiger partial charge in [0.1, 0.15) is 6.04 Å². The molecule has 0 aliphatic rings. The lowest BCUT2D eigenvalue weighted by Gasteiger charge is -2.17. The predicted octanol–water partition coefficient (Wildman–Crippen LogP) is 2.41. The van der Waals surface area contributed by atoms with E-state index in [9.17, 15) is 9.59 Å². The molecule has 2 aromatic rings. The molecule has 0 fully saturated rings. The Balaban J connectivity index is 1.99. The highest BCUT2D eigenvalue weighted by Gasteiger charge is 2.18. The second-order valence-corrected chi connectivity index (χ2v) is 5.56. The first kappa shape index (κ1) is 16.6. The van der Waals surface area contributed by atoms with Gasteiger partial charge in [0.05, 0.1) is 6.26 Å². The molecule has 0 aliphatic heterocycles. The lowest BCUT2D eigenvalue weighted by molar-refractivity contribution is -0.117. The summed E-state index contributed by atoms with van der Waals surface area (Å²) >= 11 is 0. The van der Waals surface area contributed by atoms with Crippen LogP contribution in [0.4, 0.5) is 11.4 Å². The van der Waals surface area contributed by atoms with Crippen LogP contribution in [0.25, 0.3) is 0 Å². The largest absolute Gasteiger partial charge is 0.459 e. The van der Waals surface area contributed by atoms with E-state index in [4.69, 9.17) is 4.42 Å². The van der Waals surface area contributed by atoms with Crippen LogP contribution in [0.2, 0.25) is 0 Å². The van der Waals surface area contributed by atoms with Crippen LogP contribution in [-0.4, -0.2) is 32.0 Å². The van der Waals surface area contributed by atoms with Crippen molar-refractivity contribution in [3.05, 3.63) is 47.9 Å². The summed E-state index contributed by atoms with van der Waals surface area (Å²) in [6.07, 6.45) is 1.41. The lowest BCUT2D eigenvalue weighted by Crippen LogP contribution is -2.41. The highest BCUT2D eigenvalue weighted by Crippen LogP contribution is 2.21. The summed E-state index contributed by atoms with van der Waals surface area (Å²) in [6.45, 7) is 3.55. The highest BCUT2D eigenvalue weighted by atomic mass is 16.3. The zero-order valence-corrected chi connectivity index (χ0v) is 13.7. The first-order valence-corrected chi connectivity index (χ1v) is 7.31. The van der Waals surface area contributed by atoms with E-state index in [0.29, 0.717) is 0 Å². The van der Waals surface area contributed by atoms with Gasteiger partial charge in [-0.25, -0.2) is 0 Å². The minimum Gasteiger partial charge on any atom is -0.459 e. The molecule has 0 saturated carbocycles. The summed E-state index contributed by atoms with van der Waals surface area (Å²) in [5, 5.41) is 5.42.